The Morgan fingerprint density at radius 1 is 1.25 bits per heavy atom. The molecule has 1 aliphatic rings. The zero-order chi connectivity index (χ0) is 14.8. The number of rotatable bonds is 3. The van der Waals surface area contributed by atoms with Crippen molar-refractivity contribution in [3.8, 4) is 0 Å². The smallest absolute Gasteiger partial charge is 0.115 e. The van der Waals surface area contributed by atoms with Crippen LogP contribution < -0.4 is 5.32 Å². The molecule has 0 saturated heterocycles. The molecular weight excluding hydrogens is 246 g/mol. The molecule has 1 aromatic heterocycles. The van der Waals surface area contributed by atoms with Crippen LogP contribution in [0, 0.1) is 11.3 Å². The Balaban J connectivity index is 2.12. The third kappa shape index (κ3) is 4.27. The zero-order valence-corrected chi connectivity index (χ0v) is 13.6. The normalized spacial score (nSPS) is 26.4. The van der Waals surface area contributed by atoms with Crippen LogP contribution >= 0.6 is 0 Å². The van der Waals surface area contributed by atoms with E-state index in [9.17, 15) is 0 Å². The minimum Gasteiger partial charge on any atom is -0.312 e. The molecule has 0 radical (unpaired) electrons. The van der Waals surface area contributed by atoms with Crippen LogP contribution in [-0.4, -0.2) is 22.1 Å². The number of hydrogen-bond acceptors (Lipinski definition) is 3. The summed E-state index contributed by atoms with van der Waals surface area (Å²) in [6.45, 7) is 12.6. The van der Waals surface area contributed by atoms with Crippen LogP contribution in [0.4, 0.5) is 0 Å². The van der Waals surface area contributed by atoms with Crippen LogP contribution in [-0.2, 0) is 0 Å². The van der Waals surface area contributed by atoms with E-state index in [0.717, 1.165) is 6.54 Å². The molecule has 112 valence electrons. The summed E-state index contributed by atoms with van der Waals surface area (Å²) >= 11 is 0. The number of hydrogen-bond donors (Lipinski definition) is 1. The summed E-state index contributed by atoms with van der Waals surface area (Å²) in [5.41, 5.74) is 1.92. The Hall–Kier alpha value is -0.960. The summed E-state index contributed by atoms with van der Waals surface area (Å²) in [5.74, 6) is 1.27. The van der Waals surface area contributed by atoms with Gasteiger partial charge in [-0.15, -0.1) is 0 Å². The van der Waals surface area contributed by atoms with Gasteiger partial charge in [0.05, 0.1) is 0 Å². The second-order valence-electron chi connectivity index (χ2n) is 8.08. The third-order valence-corrected chi connectivity index (χ3v) is 4.44. The van der Waals surface area contributed by atoms with Gasteiger partial charge >= 0.3 is 0 Å². The summed E-state index contributed by atoms with van der Waals surface area (Å²) in [7, 11) is 0. The van der Waals surface area contributed by atoms with E-state index in [1.165, 1.54) is 24.8 Å². The van der Waals surface area contributed by atoms with Crippen molar-refractivity contribution in [1.29, 1.82) is 0 Å². The van der Waals surface area contributed by atoms with Crippen molar-refractivity contribution in [1.82, 2.24) is 15.3 Å². The van der Waals surface area contributed by atoms with Gasteiger partial charge in [0.25, 0.3) is 0 Å². The highest BCUT2D eigenvalue weighted by atomic mass is 14.9. The quantitative estimate of drug-likeness (QED) is 0.912. The van der Waals surface area contributed by atoms with E-state index in [0.29, 0.717) is 17.3 Å². The Bertz CT molecular complexity index is 420. The largest absolute Gasteiger partial charge is 0.312 e. The molecule has 2 rings (SSSR count). The Morgan fingerprint density at radius 3 is 2.50 bits per heavy atom. The molecule has 0 amide bonds. The van der Waals surface area contributed by atoms with Gasteiger partial charge in [-0.05, 0) is 69.4 Å². The third-order valence-electron chi connectivity index (χ3n) is 4.44. The van der Waals surface area contributed by atoms with E-state index in [4.69, 9.17) is 0 Å². The first-order valence-corrected chi connectivity index (χ1v) is 7.77. The van der Waals surface area contributed by atoms with Crippen molar-refractivity contribution in [3.05, 3.63) is 24.3 Å². The lowest BCUT2D eigenvalue weighted by Gasteiger charge is -2.42. The van der Waals surface area contributed by atoms with E-state index in [-0.39, 0.29) is 5.54 Å². The van der Waals surface area contributed by atoms with Crippen LogP contribution in [0.5, 0.6) is 0 Å². The minimum absolute atomic E-state index is 0.185. The van der Waals surface area contributed by atoms with E-state index in [1.807, 2.05) is 12.4 Å². The average Bonchev–Trinajstić information content (AvgIpc) is 2.36. The maximum Gasteiger partial charge on any atom is 0.115 e. The maximum atomic E-state index is 4.22. The molecule has 0 bridgehead atoms. The Kier molecular flexibility index (Phi) is 4.48. The van der Waals surface area contributed by atoms with Gasteiger partial charge in [0.2, 0.25) is 0 Å². The lowest BCUT2D eigenvalue weighted by Crippen LogP contribution is -2.42. The van der Waals surface area contributed by atoms with Crippen LogP contribution in [0.25, 0.3) is 0 Å². The minimum atomic E-state index is 0.185. The predicted molar refractivity (Wildman–Crippen MR) is 83.7 cm³/mol. The SMILES string of the molecule is CC1(C)CCC(CNC(C)(C)C)C(c2cncnc2)C1. The lowest BCUT2D eigenvalue weighted by molar-refractivity contribution is 0.153. The van der Waals surface area contributed by atoms with Gasteiger partial charge in [0, 0.05) is 17.9 Å². The molecule has 1 fully saturated rings. The maximum absolute atomic E-state index is 4.22. The molecule has 1 saturated carbocycles. The molecule has 2 unspecified atom stereocenters. The fourth-order valence-electron chi connectivity index (χ4n) is 3.22. The fraction of sp³-hybridized carbons (Fsp3) is 0.765. The number of aromatic nitrogens is 2. The van der Waals surface area contributed by atoms with Crippen molar-refractivity contribution in [2.75, 3.05) is 6.54 Å². The van der Waals surface area contributed by atoms with Gasteiger partial charge in [-0.25, -0.2) is 9.97 Å². The summed E-state index contributed by atoms with van der Waals surface area (Å²) < 4.78 is 0. The van der Waals surface area contributed by atoms with E-state index in [2.05, 4.69) is 49.9 Å². The van der Waals surface area contributed by atoms with Crippen molar-refractivity contribution in [2.24, 2.45) is 11.3 Å². The summed E-state index contributed by atoms with van der Waals surface area (Å²) in [5, 5.41) is 3.68. The Morgan fingerprint density at radius 2 is 1.90 bits per heavy atom. The molecule has 1 heterocycles. The highest BCUT2D eigenvalue weighted by molar-refractivity contribution is 5.14. The monoisotopic (exact) mass is 275 g/mol. The molecule has 1 N–H and O–H groups in total. The van der Waals surface area contributed by atoms with Gasteiger partial charge in [0.1, 0.15) is 6.33 Å². The summed E-state index contributed by atoms with van der Waals surface area (Å²) in [4.78, 5) is 8.44. The molecule has 1 aliphatic carbocycles. The van der Waals surface area contributed by atoms with Crippen molar-refractivity contribution in [2.45, 2.75) is 65.3 Å². The van der Waals surface area contributed by atoms with Gasteiger partial charge in [-0.1, -0.05) is 13.8 Å². The lowest BCUT2D eigenvalue weighted by atomic mass is 9.65. The highest BCUT2D eigenvalue weighted by Gasteiger charge is 2.36. The molecule has 1 aromatic rings. The van der Waals surface area contributed by atoms with Gasteiger partial charge < -0.3 is 5.32 Å². The first-order chi connectivity index (χ1) is 9.27. The summed E-state index contributed by atoms with van der Waals surface area (Å²) in [6.07, 6.45) is 9.46. The summed E-state index contributed by atoms with van der Waals surface area (Å²) in [6, 6.07) is 0. The van der Waals surface area contributed by atoms with Gasteiger partial charge in [0.15, 0.2) is 0 Å². The first kappa shape index (κ1) is 15.4. The van der Waals surface area contributed by atoms with E-state index < -0.39 is 0 Å². The van der Waals surface area contributed by atoms with Gasteiger partial charge in [-0.3, -0.25) is 0 Å². The Labute approximate surface area is 123 Å². The predicted octanol–water partition coefficient (Wildman–Crippen LogP) is 3.77. The molecule has 2 atom stereocenters. The average molecular weight is 275 g/mol. The standard InChI is InChI=1S/C17H29N3/c1-16(2,3)20-11-13-6-7-17(4,5)8-15(13)14-9-18-12-19-10-14/h9-10,12-13,15,20H,6-8,11H2,1-5H3. The van der Waals surface area contributed by atoms with Crippen molar-refractivity contribution in [3.63, 3.8) is 0 Å². The topological polar surface area (TPSA) is 37.8 Å². The highest BCUT2D eigenvalue weighted by Crippen LogP contribution is 2.46. The zero-order valence-electron chi connectivity index (χ0n) is 13.6. The molecule has 3 heteroatoms. The molecular formula is C17H29N3. The van der Waals surface area contributed by atoms with E-state index in [1.54, 1.807) is 6.33 Å². The van der Waals surface area contributed by atoms with Crippen LogP contribution in [0.3, 0.4) is 0 Å². The number of nitrogens with one attached hydrogen (secondary N) is 1. The fourth-order valence-corrected chi connectivity index (χ4v) is 3.22. The van der Waals surface area contributed by atoms with Crippen molar-refractivity contribution < 1.29 is 0 Å². The second-order valence-corrected chi connectivity index (χ2v) is 8.08. The van der Waals surface area contributed by atoms with Crippen LogP contribution in [0.2, 0.25) is 0 Å². The first-order valence-electron chi connectivity index (χ1n) is 7.77. The molecule has 0 spiro atoms. The molecule has 3 nitrogen and oxygen atoms in total. The molecule has 20 heavy (non-hydrogen) atoms. The van der Waals surface area contributed by atoms with Crippen LogP contribution in [0.15, 0.2) is 18.7 Å². The van der Waals surface area contributed by atoms with Crippen LogP contribution in [0.1, 0.15) is 65.4 Å². The molecule has 0 aromatic carbocycles. The number of nitrogens with zero attached hydrogens (tertiary/aromatic N) is 2. The van der Waals surface area contributed by atoms with Crippen molar-refractivity contribution >= 4 is 0 Å². The second kappa shape index (κ2) is 5.80. The van der Waals surface area contributed by atoms with E-state index >= 15 is 0 Å². The molecule has 0 aliphatic heterocycles. The van der Waals surface area contributed by atoms with Gasteiger partial charge in [-0.2, -0.15) is 0 Å².